The molecule has 1 N–H and O–H groups in total. The van der Waals surface area contributed by atoms with Crippen LogP contribution < -0.4 is 10.6 Å². The van der Waals surface area contributed by atoms with Crippen LogP contribution in [0.3, 0.4) is 0 Å². The van der Waals surface area contributed by atoms with Gasteiger partial charge in [0, 0.05) is 5.92 Å². The zero-order chi connectivity index (χ0) is 26.6. The van der Waals surface area contributed by atoms with Crippen LogP contribution in [0.25, 0.3) is 18.2 Å². The number of aromatic nitrogens is 1. The van der Waals surface area contributed by atoms with Crippen molar-refractivity contribution in [1.29, 1.82) is 0 Å². The van der Waals surface area contributed by atoms with Crippen molar-refractivity contribution in [3.63, 3.8) is 0 Å². The molecule has 4 unspecified atom stereocenters. The van der Waals surface area contributed by atoms with E-state index in [2.05, 4.69) is 36.4 Å². The fourth-order valence-corrected chi connectivity index (χ4v) is 6.03. The molecule has 4 rings (SSSR count). The van der Waals surface area contributed by atoms with E-state index < -0.39 is 21.8 Å². The maximum Gasteiger partial charge on any atom is 0.264 e. The largest absolute Gasteiger partial charge is 0.390 e. The standard InChI is InChI=1S/C30H36ClNO4S/c1-30(2,33)27-10-5-4-8-22(27)14-18-29(36-37(3,34)35)24-9-6-7-21(19-24)11-16-26-17-13-23-12-15-25(31)20-28(23)32-26/h4-6,8-13,16-17,19-22,25,27,29,33H,7,14-15,18H2,1-3H3/b16-11+/t21?,22?,25?,27?,29-/m0/s1. The lowest BCUT2D eigenvalue weighted by Crippen LogP contribution is -2.35. The minimum atomic E-state index is -3.65. The summed E-state index contributed by atoms with van der Waals surface area (Å²) in [7, 11) is -3.65. The van der Waals surface area contributed by atoms with Gasteiger partial charge in [-0.05, 0) is 80.4 Å². The first-order valence-electron chi connectivity index (χ1n) is 12.8. The summed E-state index contributed by atoms with van der Waals surface area (Å²) in [6.07, 6.45) is 25.7. The fourth-order valence-electron chi connectivity index (χ4n) is 5.20. The smallest absolute Gasteiger partial charge is 0.264 e. The summed E-state index contributed by atoms with van der Waals surface area (Å²) in [5.41, 5.74) is 0.842. The minimum Gasteiger partial charge on any atom is -0.390 e. The maximum atomic E-state index is 12.1. The predicted octanol–water partition coefficient (Wildman–Crippen LogP) is 4.42. The monoisotopic (exact) mass is 541 g/mol. The van der Waals surface area contributed by atoms with Gasteiger partial charge in [-0.2, -0.15) is 8.42 Å². The Balaban J connectivity index is 1.50. The second-order valence-electron chi connectivity index (χ2n) is 10.6. The number of rotatable bonds is 9. The molecular weight excluding hydrogens is 506 g/mol. The molecule has 5 atom stereocenters. The van der Waals surface area contributed by atoms with Crippen molar-refractivity contribution in [1.82, 2.24) is 4.98 Å². The Bertz CT molecular complexity index is 1360. The molecule has 3 aliphatic rings. The number of aliphatic hydroxyl groups is 1. The normalized spacial score (nSPS) is 26.4. The molecule has 0 amide bonds. The first-order chi connectivity index (χ1) is 17.5. The Labute approximate surface area is 225 Å². The number of halogens is 1. The molecule has 0 radical (unpaired) electrons. The molecule has 0 saturated heterocycles. The zero-order valence-electron chi connectivity index (χ0n) is 21.6. The van der Waals surface area contributed by atoms with E-state index in [4.69, 9.17) is 20.8 Å². The molecule has 1 aromatic rings. The quantitative estimate of drug-likeness (QED) is 0.370. The third kappa shape index (κ3) is 7.87. The van der Waals surface area contributed by atoms with Crippen LogP contribution in [0, 0.1) is 17.8 Å². The Morgan fingerprint density at radius 3 is 2.76 bits per heavy atom. The lowest BCUT2D eigenvalue weighted by atomic mass is 9.75. The zero-order valence-corrected chi connectivity index (χ0v) is 23.2. The van der Waals surface area contributed by atoms with Gasteiger partial charge in [0.05, 0.1) is 28.3 Å². The van der Waals surface area contributed by atoms with Gasteiger partial charge in [0.15, 0.2) is 0 Å². The Morgan fingerprint density at radius 2 is 2.00 bits per heavy atom. The topological polar surface area (TPSA) is 76.5 Å². The summed E-state index contributed by atoms with van der Waals surface area (Å²) in [5.74, 6) is 0.147. The van der Waals surface area contributed by atoms with Crippen molar-refractivity contribution in [3.05, 3.63) is 82.6 Å². The van der Waals surface area contributed by atoms with Gasteiger partial charge in [-0.3, -0.25) is 4.18 Å². The van der Waals surface area contributed by atoms with Gasteiger partial charge in [-0.1, -0.05) is 60.8 Å². The maximum absolute atomic E-state index is 12.1. The SMILES string of the molecule is CC(C)(O)C1C=CC=CC1CC[C@H](OS(C)(=O)=O)C1=CC(/C=C/c2ccc3c(n2)=CC(Cl)CC=3)CC=C1. The van der Waals surface area contributed by atoms with Crippen LogP contribution in [0.5, 0.6) is 0 Å². The fraction of sp³-hybridized carbons (Fsp3) is 0.433. The minimum absolute atomic E-state index is 0.0289. The van der Waals surface area contributed by atoms with Crippen molar-refractivity contribution in [3.8, 4) is 0 Å². The third-order valence-electron chi connectivity index (χ3n) is 7.01. The van der Waals surface area contributed by atoms with E-state index in [9.17, 15) is 13.5 Å². The van der Waals surface area contributed by atoms with Gasteiger partial charge >= 0.3 is 0 Å². The summed E-state index contributed by atoms with van der Waals surface area (Å²) in [4.78, 5) is 4.73. The number of nitrogens with zero attached hydrogens (tertiary/aromatic N) is 1. The highest BCUT2D eigenvalue weighted by molar-refractivity contribution is 7.86. The molecule has 0 spiro atoms. The van der Waals surface area contributed by atoms with Crippen LogP contribution in [0.15, 0.2) is 66.3 Å². The van der Waals surface area contributed by atoms with Crippen molar-refractivity contribution < 1.29 is 17.7 Å². The van der Waals surface area contributed by atoms with Gasteiger partial charge in [-0.25, -0.2) is 4.98 Å². The van der Waals surface area contributed by atoms with Crippen molar-refractivity contribution >= 4 is 39.9 Å². The Kier molecular flexibility index (Phi) is 8.74. The number of hydrogen-bond donors (Lipinski definition) is 1. The van der Waals surface area contributed by atoms with E-state index >= 15 is 0 Å². The first-order valence-corrected chi connectivity index (χ1v) is 15.1. The van der Waals surface area contributed by atoms with Crippen molar-refractivity contribution in [2.75, 3.05) is 6.26 Å². The average molecular weight is 542 g/mol. The average Bonchev–Trinajstić information content (AvgIpc) is 2.84. The van der Waals surface area contributed by atoms with Gasteiger partial charge < -0.3 is 5.11 Å². The van der Waals surface area contributed by atoms with Gasteiger partial charge in [-0.15, -0.1) is 11.6 Å². The molecule has 3 aliphatic carbocycles. The lowest BCUT2D eigenvalue weighted by Gasteiger charge is -2.34. The van der Waals surface area contributed by atoms with Crippen molar-refractivity contribution in [2.45, 2.75) is 56.6 Å². The molecule has 0 saturated carbocycles. The number of allylic oxidation sites excluding steroid dienone is 6. The number of pyridine rings is 1. The molecule has 1 aromatic heterocycles. The molecule has 0 aliphatic heterocycles. The summed E-state index contributed by atoms with van der Waals surface area (Å²) < 4.78 is 29.8. The molecule has 0 fully saturated rings. The van der Waals surface area contributed by atoms with Gasteiger partial charge in [0.2, 0.25) is 0 Å². The third-order valence-corrected chi connectivity index (χ3v) is 7.90. The predicted molar refractivity (Wildman–Crippen MR) is 152 cm³/mol. The molecule has 1 heterocycles. The summed E-state index contributed by atoms with van der Waals surface area (Å²) in [6.45, 7) is 3.62. The highest BCUT2D eigenvalue weighted by Crippen LogP contribution is 2.35. The molecule has 37 heavy (non-hydrogen) atoms. The number of alkyl halides is 1. The van der Waals surface area contributed by atoms with Crippen LogP contribution in [-0.4, -0.2) is 41.8 Å². The van der Waals surface area contributed by atoms with E-state index in [1.807, 2.05) is 56.4 Å². The number of hydrogen-bond acceptors (Lipinski definition) is 5. The highest BCUT2D eigenvalue weighted by Gasteiger charge is 2.33. The summed E-state index contributed by atoms with van der Waals surface area (Å²) in [6, 6.07) is 4.06. The Morgan fingerprint density at radius 1 is 1.22 bits per heavy atom. The van der Waals surface area contributed by atoms with Gasteiger partial charge in [0.1, 0.15) is 6.10 Å². The summed E-state index contributed by atoms with van der Waals surface area (Å²) >= 11 is 6.26. The molecule has 5 nitrogen and oxygen atoms in total. The Hall–Kier alpha value is -2.25. The molecule has 0 aromatic carbocycles. The van der Waals surface area contributed by atoms with E-state index in [0.29, 0.717) is 12.8 Å². The van der Waals surface area contributed by atoms with Crippen LogP contribution in [0.2, 0.25) is 0 Å². The summed E-state index contributed by atoms with van der Waals surface area (Å²) in [5, 5.41) is 12.6. The van der Waals surface area contributed by atoms with E-state index in [1.54, 1.807) is 0 Å². The molecular formula is C30H36ClNO4S. The highest BCUT2D eigenvalue weighted by atomic mass is 35.5. The first kappa shape index (κ1) is 27.8. The van der Waals surface area contributed by atoms with Gasteiger partial charge in [0.25, 0.3) is 10.1 Å². The van der Waals surface area contributed by atoms with E-state index in [-0.39, 0.29) is 23.1 Å². The van der Waals surface area contributed by atoms with Crippen LogP contribution in [0.1, 0.15) is 45.2 Å². The van der Waals surface area contributed by atoms with Crippen LogP contribution >= 0.6 is 11.6 Å². The second-order valence-corrected chi connectivity index (χ2v) is 12.8. The second kappa shape index (κ2) is 11.6. The van der Waals surface area contributed by atoms with Crippen molar-refractivity contribution in [2.24, 2.45) is 17.8 Å². The van der Waals surface area contributed by atoms with E-state index in [1.165, 1.54) is 0 Å². The lowest BCUT2D eigenvalue weighted by molar-refractivity contribution is 0.0170. The number of fused-ring (bicyclic) bond motifs is 1. The van der Waals surface area contributed by atoms with E-state index in [0.717, 1.165) is 40.9 Å². The molecule has 198 valence electrons. The van der Waals surface area contributed by atoms with Crippen LogP contribution in [0.4, 0.5) is 0 Å². The molecule has 0 bridgehead atoms. The molecule has 7 heteroatoms. The van der Waals surface area contributed by atoms with Crippen LogP contribution in [-0.2, 0) is 14.3 Å².